The zero-order valence-electron chi connectivity index (χ0n) is 26.6. The highest BCUT2D eigenvalue weighted by molar-refractivity contribution is 5.81. The average molecular weight is 634 g/mol. The Morgan fingerprint density at radius 3 is 2.65 bits per heavy atom. The number of hydrogen-bond donors (Lipinski definition) is 3. The number of likely N-dealkylation sites (N-methyl/N-ethyl adjacent to an activating group) is 1. The van der Waals surface area contributed by atoms with Crippen molar-refractivity contribution in [1.82, 2.24) is 15.1 Å². The summed E-state index contributed by atoms with van der Waals surface area (Å²) in [7, 11) is 3.49. The van der Waals surface area contributed by atoms with Crippen molar-refractivity contribution in [1.29, 1.82) is 5.26 Å². The summed E-state index contributed by atoms with van der Waals surface area (Å²) >= 11 is 0. The summed E-state index contributed by atoms with van der Waals surface area (Å²) in [5, 5.41) is 25.4. The van der Waals surface area contributed by atoms with Crippen LogP contribution < -0.4 is 30.0 Å². The second-order valence-electron chi connectivity index (χ2n) is 12.2. The van der Waals surface area contributed by atoms with Crippen LogP contribution in [0.1, 0.15) is 52.4 Å². The Hall–Kier alpha value is -4.51. The molecule has 46 heavy (non-hydrogen) atoms. The number of nitrogens with zero attached hydrogens (tertiary/aromatic N) is 3. The van der Waals surface area contributed by atoms with Gasteiger partial charge < -0.3 is 39.8 Å². The lowest BCUT2D eigenvalue weighted by Gasteiger charge is -2.60. The number of nitrogens with two attached hydrogens (primary N) is 1. The topological polar surface area (TPSA) is 169 Å². The zero-order valence-corrected chi connectivity index (χ0v) is 26.6. The Morgan fingerprint density at radius 1 is 1.24 bits per heavy atom. The normalized spacial score (nSPS) is 24.8. The molecule has 6 atom stereocenters. The van der Waals surface area contributed by atoms with Crippen LogP contribution >= 0.6 is 0 Å². The summed E-state index contributed by atoms with van der Waals surface area (Å²) in [5.74, 6) is 1.24. The minimum absolute atomic E-state index is 0.0393. The lowest BCUT2D eigenvalue weighted by molar-refractivity contribution is -0.123. The van der Waals surface area contributed by atoms with Crippen LogP contribution in [0, 0.1) is 25.2 Å². The van der Waals surface area contributed by atoms with E-state index in [1.54, 1.807) is 13.8 Å². The van der Waals surface area contributed by atoms with Gasteiger partial charge in [0.2, 0.25) is 12.7 Å². The third-order valence-electron chi connectivity index (χ3n) is 9.65. The van der Waals surface area contributed by atoms with Gasteiger partial charge in [-0.2, -0.15) is 5.26 Å². The van der Waals surface area contributed by atoms with Crippen LogP contribution in [0.4, 0.5) is 4.79 Å². The number of nitriles is 1. The third-order valence-corrected chi connectivity index (χ3v) is 9.65. The molecule has 1 amide bonds. The molecule has 0 radical (unpaired) electrons. The van der Waals surface area contributed by atoms with Crippen molar-refractivity contribution in [2.24, 2.45) is 5.73 Å². The maximum Gasteiger partial charge on any atom is 0.514 e. The van der Waals surface area contributed by atoms with Crippen molar-refractivity contribution in [3.8, 4) is 34.8 Å². The Morgan fingerprint density at radius 2 is 1.98 bits per heavy atom. The fourth-order valence-corrected chi connectivity index (χ4v) is 7.77. The number of hydrogen-bond acceptors (Lipinski definition) is 12. The van der Waals surface area contributed by atoms with Crippen molar-refractivity contribution in [3.05, 3.63) is 52.1 Å². The van der Waals surface area contributed by atoms with Gasteiger partial charge in [0.05, 0.1) is 31.3 Å². The van der Waals surface area contributed by atoms with Crippen LogP contribution in [-0.4, -0.2) is 85.2 Å². The van der Waals surface area contributed by atoms with E-state index in [1.807, 2.05) is 20.0 Å². The smallest absolute Gasteiger partial charge is 0.504 e. The van der Waals surface area contributed by atoms with Crippen molar-refractivity contribution >= 4 is 12.1 Å². The number of aromatic hydroxyl groups is 1. The van der Waals surface area contributed by atoms with Gasteiger partial charge in [0.25, 0.3) is 0 Å². The Balaban J connectivity index is 1.59. The largest absolute Gasteiger partial charge is 0.514 e. The number of phenolic OH excluding ortho intramolecular Hbond substituents is 1. The first-order valence-corrected chi connectivity index (χ1v) is 15.3. The first kappa shape index (κ1) is 31.5. The molecule has 244 valence electrons. The van der Waals surface area contributed by atoms with Gasteiger partial charge in [0.1, 0.15) is 18.4 Å². The van der Waals surface area contributed by atoms with Gasteiger partial charge in [-0.3, -0.25) is 14.6 Å². The van der Waals surface area contributed by atoms with E-state index in [1.165, 1.54) is 13.2 Å². The highest BCUT2D eigenvalue weighted by Crippen LogP contribution is 2.58. The van der Waals surface area contributed by atoms with E-state index in [4.69, 9.17) is 29.4 Å². The highest BCUT2D eigenvalue weighted by atomic mass is 16.7. The molecule has 2 unspecified atom stereocenters. The zero-order chi connectivity index (χ0) is 33.0. The predicted octanol–water partition coefficient (Wildman–Crippen LogP) is 2.68. The van der Waals surface area contributed by atoms with Gasteiger partial charge >= 0.3 is 6.16 Å². The van der Waals surface area contributed by atoms with Gasteiger partial charge in [0, 0.05) is 40.9 Å². The first-order chi connectivity index (χ1) is 22.0. The average Bonchev–Trinajstić information content (AvgIpc) is 3.51. The van der Waals surface area contributed by atoms with Crippen LogP contribution in [0.2, 0.25) is 0 Å². The Labute approximate surface area is 267 Å². The number of piperazine rings is 1. The number of rotatable bonds is 7. The second kappa shape index (κ2) is 12.0. The van der Waals surface area contributed by atoms with E-state index in [9.17, 15) is 20.0 Å². The number of carbonyl (C=O) groups excluding carboxylic acids is 2. The van der Waals surface area contributed by atoms with Crippen molar-refractivity contribution < 1.29 is 38.4 Å². The van der Waals surface area contributed by atoms with E-state index in [0.29, 0.717) is 46.8 Å². The summed E-state index contributed by atoms with van der Waals surface area (Å²) in [6.07, 6.45) is 1.36. The monoisotopic (exact) mass is 633 g/mol. The number of carbonyl (C=O) groups is 2. The molecule has 4 aliphatic heterocycles. The van der Waals surface area contributed by atoms with E-state index >= 15 is 0 Å². The van der Waals surface area contributed by atoms with E-state index in [0.717, 1.165) is 16.7 Å². The van der Waals surface area contributed by atoms with Crippen molar-refractivity contribution in [2.75, 3.05) is 34.1 Å². The standard InChI is InChI=1S/C33H39N5O8/c1-7-8-43-33(41)46-29-16(3)30-31(45-14-44-30)25-19(29)11-21-26-24-18(9-15(2)28(42-6)27(24)39)10-20(37(26)5)22(12-34)38(21)23(25)13-36-32(40)17(4)35/h7,9,17,20-23,26,39H,1,8,10-11,13-14,35H2,2-6H3,(H,36,40)/t17-,20+,21?,22-,23-,26?/m0/s1. The third kappa shape index (κ3) is 4.79. The van der Waals surface area contributed by atoms with Gasteiger partial charge in [-0.15, -0.1) is 0 Å². The molecular formula is C33H39N5O8. The molecule has 4 aliphatic rings. The summed E-state index contributed by atoms with van der Waals surface area (Å²) in [5.41, 5.74) is 10.2. The molecule has 13 nitrogen and oxygen atoms in total. The molecular weight excluding hydrogens is 594 g/mol. The van der Waals surface area contributed by atoms with Crippen LogP contribution in [0.15, 0.2) is 18.7 Å². The fourth-order valence-electron chi connectivity index (χ4n) is 7.77. The number of ether oxygens (including phenoxy) is 5. The fraction of sp³-hybridized carbons (Fsp3) is 0.485. The molecule has 1 saturated heterocycles. The number of fused-ring (bicyclic) bond motifs is 9. The van der Waals surface area contributed by atoms with Crippen molar-refractivity contribution in [2.45, 2.75) is 69.9 Å². The SMILES string of the molecule is C=CCOC(=O)Oc1c(C)c2c(c3c1CC1C4c5c(cc(C)c(OC)c5O)C[C@H]([C@H](C#N)N1[C@H]3CNC(=O)[C@H](C)N)N4C)OCO2. The van der Waals surface area contributed by atoms with Gasteiger partial charge in [-0.05, 0) is 51.8 Å². The molecule has 0 saturated carbocycles. The molecule has 6 rings (SSSR count). The van der Waals surface area contributed by atoms with E-state index in [2.05, 4.69) is 27.8 Å². The predicted molar refractivity (Wildman–Crippen MR) is 165 cm³/mol. The summed E-state index contributed by atoms with van der Waals surface area (Å²) in [6.45, 7) is 8.85. The van der Waals surface area contributed by atoms with Gasteiger partial charge in [0.15, 0.2) is 23.0 Å². The second-order valence-corrected chi connectivity index (χ2v) is 12.2. The van der Waals surface area contributed by atoms with Crippen molar-refractivity contribution in [3.63, 3.8) is 0 Å². The van der Waals surface area contributed by atoms with Crippen LogP contribution in [0.5, 0.6) is 28.7 Å². The van der Waals surface area contributed by atoms with Crippen LogP contribution in [0.25, 0.3) is 0 Å². The maximum atomic E-state index is 12.9. The van der Waals surface area contributed by atoms with E-state index in [-0.39, 0.29) is 49.4 Å². The molecule has 4 heterocycles. The first-order valence-electron chi connectivity index (χ1n) is 15.3. The minimum atomic E-state index is -0.912. The van der Waals surface area contributed by atoms with Crippen LogP contribution in [0.3, 0.4) is 0 Å². The molecule has 0 aromatic heterocycles. The number of methoxy groups -OCH3 is 1. The lowest BCUT2D eigenvalue weighted by atomic mass is 9.71. The number of phenols is 1. The lowest BCUT2D eigenvalue weighted by Crippen LogP contribution is -2.68. The molecule has 13 heteroatoms. The number of nitrogens with one attached hydrogen (secondary N) is 1. The Bertz CT molecular complexity index is 1650. The summed E-state index contributed by atoms with van der Waals surface area (Å²) in [4.78, 5) is 30.0. The number of aryl methyl sites for hydroxylation is 1. The summed E-state index contributed by atoms with van der Waals surface area (Å²) in [6, 6.07) is 1.55. The molecule has 0 aliphatic carbocycles. The maximum absolute atomic E-state index is 12.9. The Kier molecular flexibility index (Phi) is 8.22. The quantitative estimate of drug-likeness (QED) is 0.232. The molecule has 0 spiro atoms. The van der Waals surface area contributed by atoms with Crippen LogP contribution in [-0.2, 0) is 22.4 Å². The summed E-state index contributed by atoms with van der Waals surface area (Å²) < 4.78 is 28.6. The molecule has 2 aromatic carbocycles. The highest BCUT2D eigenvalue weighted by Gasteiger charge is 2.57. The molecule has 2 aromatic rings. The molecule has 1 fully saturated rings. The van der Waals surface area contributed by atoms with Gasteiger partial charge in [-0.25, -0.2) is 4.79 Å². The molecule has 2 bridgehead atoms. The molecule has 4 N–H and O–H groups in total. The van der Waals surface area contributed by atoms with Gasteiger partial charge in [-0.1, -0.05) is 18.7 Å². The minimum Gasteiger partial charge on any atom is -0.504 e. The van der Waals surface area contributed by atoms with E-state index < -0.39 is 30.3 Å². The number of benzene rings is 2. The number of amides is 1.